The van der Waals surface area contributed by atoms with Crippen LogP contribution in [0.4, 0.5) is 0 Å². The molecule has 2 heteroatoms. The van der Waals surface area contributed by atoms with Gasteiger partial charge in [0.05, 0.1) is 7.11 Å². The molecule has 0 aliphatic carbocycles. The van der Waals surface area contributed by atoms with Crippen LogP contribution in [0, 0.1) is 0 Å². The molecule has 0 aromatic rings. The normalized spacial score (nSPS) is 12.3. The molecule has 0 N–H and O–H groups in total. The summed E-state index contributed by atoms with van der Waals surface area (Å²) in [6.45, 7) is 7.54. The first-order chi connectivity index (χ1) is 4.76. The van der Waals surface area contributed by atoms with Gasteiger partial charge in [-0.15, -0.1) is 0 Å². The van der Waals surface area contributed by atoms with Gasteiger partial charge in [-0.05, 0) is 25.6 Å². The van der Waals surface area contributed by atoms with E-state index in [-0.39, 0.29) is 0 Å². The lowest BCUT2D eigenvalue weighted by molar-refractivity contribution is 0.283. The SMILES string of the molecule is C=N/C(OC)=C(/C)CCC. The summed E-state index contributed by atoms with van der Waals surface area (Å²) in [6.07, 6.45) is 2.15. The number of hydrogen-bond donors (Lipinski definition) is 0. The molecule has 0 aromatic heterocycles. The minimum atomic E-state index is 0.668. The van der Waals surface area contributed by atoms with E-state index in [0.29, 0.717) is 5.88 Å². The monoisotopic (exact) mass is 141 g/mol. The fraction of sp³-hybridized carbons (Fsp3) is 0.625. The highest BCUT2D eigenvalue weighted by Gasteiger charge is 1.96. The molecule has 0 aliphatic heterocycles. The second-order valence-corrected chi connectivity index (χ2v) is 2.20. The molecule has 0 heterocycles. The molecule has 0 unspecified atom stereocenters. The molecule has 0 amide bonds. The van der Waals surface area contributed by atoms with Crippen molar-refractivity contribution in [3.05, 3.63) is 11.5 Å². The van der Waals surface area contributed by atoms with Crippen LogP contribution in [0.15, 0.2) is 16.4 Å². The largest absolute Gasteiger partial charge is 0.481 e. The Kier molecular flexibility index (Phi) is 4.63. The Labute approximate surface area is 62.6 Å². The summed E-state index contributed by atoms with van der Waals surface area (Å²) in [4.78, 5) is 3.73. The van der Waals surface area contributed by atoms with Crippen LogP contribution in [0.25, 0.3) is 0 Å². The molecule has 0 spiro atoms. The lowest BCUT2D eigenvalue weighted by atomic mass is 10.2. The Morgan fingerprint density at radius 3 is 2.50 bits per heavy atom. The van der Waals surface area contributed by atoms with Crippen LogP contribution in [0.2, 0.25) is 0 Å². The maximum absolute atomic E-state index is 4.96. The number of methoxy groups -OCH3 is 1. The molecule has 0 aromatic carbocycles. The predicted octanol–water partition coefficient (Wildman–Crippen LogP) is 2.37. The summed E-state index contributed by atoms with van der Waals surface area (Å²) in [5, 5.41) is 0. The molecule has 10 heavy (non-hydrogen) atoms. The Morgan fingerprint density at radius 1 is 1.60 bits per heavy atom. The van der Waals surface area contributed by atoms with Crippen molar-refractivity contribution in [2.75, 3.05) is 7.11 Å². The predicted molar refractivity (Wildman–Crippen MR) is 44.2 cm³/mol. The summed E-state index contributed by atoms with van der Waals surface area (Å²) < 4.78 is 4.96. The number of ether oxygens (including phenoxy) is 1. The summed E-state index contributed by atoms with van der Waals surface area (Å²) in [6, 6.07) is 0. The van der Waals surface area contributed by atoms with Gasteiger partial charge in [-0.1, -0.05) is 13.3 Å². The molecular formula is C8H15NO. The third-order valence-electron chi connectivity index (χ3n) is 1.33. The minimum Gasteiger partial charge on any atom is -0.481 e. The smallest absolute Gasteiger partial charge is 0.211 e. The molecule has 2 nitrogen and oxygen atoms in total. The zero-order valence-electron chi connectivity index (χ0n) is 6.98. The van der Waals surface area contributed by atoms with Crippen molar-refractivity contribution >= 4 is 6.72 Å². The van der Waals surface area contributed by atoms with E-state index in [1.807, 2.05) is 6.92 Å². The lowest BCUT2D eigenvalue weighted by Crippen LogP contribution is -1.87. The first kappa shape index (κ1) is 9.21. The van der Waals surface area contributed by atoms with Gasteiger partial charge in [0.1, 0.15) is 0 Å². The fourth-order valence-corrected chi connectivity index (χ4v) is 0.856. The molecule has 0 aliphatic rings. The summed E-state index contributed by atoms with van der Waals surface area (Å²) in [5.74, 6) is 0.668. The first-order valence-electron chi connectivity index (χ1n) is 3.46. The van der Waals surface area contributed by atoms with E-state index in [1.54, 1.807) is 7.11 Å². The van der Waals surface area contributed by atoms with Crippen molar-refractivity contribution < 1.29 is 4.74 Å². The molecule has 0 saturated heterocycles. The highest BCUT2D eigenvalue weighted by Crippen LogP contribution is 2.10. The Hall–Kier alpha value is -0.790. The van der Waals surface area contributed by atoms with Gasteiger partial charge < -0.3 is 4.74 Å². The van der Waals surface area contributed by atoms with E-state index >= 15 is 0 Å². The summed E-state index contributed by atoms with van der Waals surface area (Å²) in [7, 11) is 1.61. The van der Waals surface area contributed by atoms with Gasteiger partial charge in [-0.25, -0.2) is 4.99 Å². The average molecular weight is 141 g/mol. The van der Waals surface area contributed by atoms with E-state index in [0.717, 1.165) is 12.8 Å². The van der Waals surface area contributed by atoms with Gasteiger partial charge in [-0.2, -0.15) is 0 Å². The third kappa shape index (κ3) is 2.67. The topological polar surface area (TPSA) is 21.6 Å². The Bertz CT molecular complexity index is 138. The quantitative estimate of drug-likeness (QED) is 0.435. The molecule has 0 bridgehead atoms. The van der Waals surface area contributed by atoms with Gasteiger partial charge >= 0.3 is 0 Å². The van der Waals surface area contributed by atoms with E-state index in [9.17, 15) is 0 Å². The average Bonchev–Trinajstić information content (AvgIpc) is 1.91. The molecule has 0 fully saturated rings. The van der Waals surface area contributed by atoms with Gasteiger partial charge in [0.2, 0.25) is 5.88 Å². The van der Waals surface area contributed by atoms with Crippen molar-refractivity contribution in [3.63, 3.8) is 0 Å². The van der Waals surface area contributed by atoms with Crippen molar-refractivity contribution in [2.45, 2.75) is 26.7 Å². The van der Waals surface area contributed by atoms with Gasteiger partial charge in [0, 0.05) is 0 Å². The van der Waals surface area contributed by atoms with Gasteiger partial charge in [0.15, 0.2) is 0 Å². The first-order valence-corrected chi connectivity index (χ1v) is 3.46. The second kappa shape index (κ2) is 5.03. The molecule has 58 valence electrons. The highest BCUT2D eigenvalue weighted by atomic mass is 16.5. The van der Waals surface area contributed by atoms with Gasteiger partial charge in [-0.3, -0.25) is 0 Å². The van der Waals surface area contributed by atoms with Crippen molar-refractivity contribution in [3.8, 4) is 0 Å². The molecule has 0 atom stereocenters. The fourth-order valence-electron chi connectivity index (χ4n) is 0.856. The van der Waals surface area contributed by atoms with Crippen LogP contribution in [0.5, 0.6) is 0 Å². The molecule has 0 saturated carbocycles. The Balaban J connectivity index is 4.12. The standard InChI is InChI=1S/C8H15NO/c1-5-6-7(2)8(9-3)10-4/h3,5-6H2,1-2,4H3/b8-7+. The maximum atomic E-state index is 4.96. The molecule has 0 rings (SSSR count). The highest BCUT2D eigenvalue weighted by molar-refractivity contribution is 5.28. The summed E-state index contributed by atoms with van der Waals surface area (Å²) in [5.41, 5.74) is 1.17. The number of hydrogen-bond acceptors (Lipinski definition) is 2. The molecule has 0 radical (unpaired) electrons. The van der Waals surface area contributed by atoms with Gasteiger partial charge in [0.25, 0.3) is 0 Å². The van der Waals surface area contributed by atoms with Crippen LogP contribution in [-0.2, 0) is 4.74 Å². The van der Waals surface area contributed by atoms with E-state index in [4.69, 9.17) is 4.74 Å². The maximum Gasteiger partial charge on any atom is 0.211 e. The number of nitrogens with zero attached hydrogens (tertiary/aromatic N) is 1. The number of rotatable bonds is 4. The lowest BCUT2D eigenvalue weighted by Gasteiger charge is -2.03. The zero-order valence-corrected chi connectivity index (χ0v) is 6.98. The van der Waals surface area contributed by atoms with E-state index < -0.39 is 0 Å². The van der Waals surface area contributed by atoms with Crippen LogP contribution >= 0.6 is 0 Å². The number of aliphatic imine (C=N–C) groups is 1. The third-order valence-corrected chi connectivity index (χ3v) is 1.33. The second-order valence-electron chi connectivity index (χ2n) is 2.20. The Morgan fingerprint density at radius 2 is 2.20 bits per heavy atom. The van der Waals surface area contributed by atoms with E-state index in [1.165, 1.54) is 5.57 Å². The van der Waals surface area contributed by atoms with Crippen molar-refractivity contribution in [2.24, 2.45) is 4.99 Å². The van der Waals surface area contributed by atoms with Crippen LogP contribution < -0.4 is 0 Å². The summed E-state index contributed by atoms with van der Waals surface area (Å²) >= 11 is 0. The van der Waals surface area contributed by atoms with E-state index in [2.05, 4.69) is 18.6 Å². The zero-order chi connectivity index (χ0) is 7.98. The van der Waals surface area contributed by atoms with Crippen LogP contribution in [-0.4, -0.2) is 13.8 Å². The van der Waals surface area contributed by atoms with Crippen LogP contribution in [0.1, 0.15) is 26.7 Å². The molecular weight excluding hydrogens is 126 g/mol. The minimum absolute atomic E-state index is 0.668. The van der Waals surface area contributed by atoms with Crippen molar-refractivity contribution in [1.82, 2.24) is 0 Å². The van der Waals surface area contributed by atoms with Crippen molar-refractivity contribution in [1.29, 1.82) is 0 Å². The van der Waals surface area contributed by atoms with Crippen LogP contribution in [0.3, 0.4) is 0 Å². The number of allylic oxidation sites excluding steroid dienone is 1.